The molecule has 0 spiro atoms. The summed E-state index contributed by atoms with van der Waals surface area (Å²) in [5.74, 6) is 0.530. The van der Waals surface area contributed by atoms with Gasteiger partial charge in [0, 0.05) is 18.3 Å². The molecule has 0 aromatic heterocycles. The number of likely N-dealkylation sites (N-methyl/N-ethyl adjacent to an activating group) is 1. The van der Waals surface area contributed by atoms with Gasteiger partial charge in [-0.15, -0.1) is 0 Å². The van der Waals surface area contributed by atoms with E-state index < -0.39 is 0 Å². The zero-order valence-corrected chi connectivity index (χ0v) is 12.4. The minimum Gasteiger partial charge on any atom is -0.358 e. The van der Waals surface area contributed by atoms with E-state index in [4.69, 9.17) is 12.2 Å². The fourth-order valence-electron chi connectivity index (χ4n) is 1.67. The third kappa shape index (κ3) is 5.47. The van der Waals surface area contributed by atoms with Crippen LogP contribution < -0.4 is 10.6 Å². The predicted molar refractivity (Wildman–Crippen MR) is 83.0 cm³/mol. The van der Waals surface area contributed by atoms with Gasteiger partial charge in [0.15, 0.2) is 5.11 Å². The molecule has 0 amide bonds. The van der Waals surface area contributed by atoms with E-state index in [-0.39, 0.29) is 0 Å². The van der Waals surface area contributed by atoms with Crippen LogP contribution >= 0.6 is 12.2 Å². The fraction of sp³-hybridized carbons (Fsp3) is 0.500. The number of thiocarbonyl (C=S) groups is 1. The molecule has 2 N–H and O–H groups in total. The first-order valence-corrected chi connectivity index (χ1v) is 6.67. The van der Waals surface area contributed by atoms with Crippen LogP contribution in [0.3, 0.4) is 0 Å². The van der Waals surface area contributed by atoms with E-state index in [1.165, 1.54) is 0 Å². The summed E-state index contributed by atoms with van der Waals surface area (Å²) in [6.45, 7) is 5.37. The van der Waals surface area contributed by atoms with E-state index in [0.29, 0.717) is 17.1 Å². The van der Waals surface area contributed by atoms with Crippen LogP contribution in [0.1, 0.15) is 13.8 Å². The number of hydrogen-bond acceptors (Lipinski definition) is 2. The highest BCUT2D eigenvalue weighted by Crippen LogP contribution is 2.07. The molecule has 100 valence electrons. The van der Waals surface area contributed by atoms with E-state index in [1.807, 2.05) is 30.3 Å². The summed E-state index contributed by atoms with van der Waals surface area (Å²) in [5.41, 5.74) is 1.02. The molecule has 0 fully saturated rings. The molecule has 0 aliphatic carbocycles. The van der Waals surface area contributed by atoms with Crippen LogP contribution in [-0.2, 0) is 0 Å². The van der Waals surface area contributed by atoms with Crippen molar-refractivity contribution in [1.29, 1.82) is 0 Å². The Hall–Kier alpha value is -1.13. The Balaban J connectivity index is 2.51. The fourth-order valence-corrected chi connectivity index (χ4v) is 1.94. The molecule has 1 atom stereocenters. The van der Waals surface area contributed by atoms with Crippen molar-refractivity contribution in [3.63, 3.8) is 0 Å². The van der Waals surface area contributed by atoms with Gasteiger partial charge in [-0.05, 0) is 44.4 Å². The maximum Gasteiger partial charge on any atom is 0.171 e. The Morgan fingerprint density at radius 2 is 1.83 bits per heavy atom. The SMILES string of the molecule is CC(C)C(CN(C)C)NC(=S)Nc1ccccc1. The maximum atomic E-state index is 5.34. The summed E-state index contributed by atoms with van der Waals surface area (Å²) >= 11 is 5.34. The molecule has 18 heavy (non-hydrogen) atoms. The molecule has 1 aromatic carbocycles. The molecule has 1 rings (SSSR count). The van der Waals surface area contributed by atoms with Crippen LogP contribution in [0.25, 0.3) is 0 Å². The summed E-state index contributed by atoms with van der Waals surface area (Å²) in [4.78, 5) is 2.17. The average molecular weight is 265 g/mol. The Bertz CT molecular complexity index is 363. The Morgan fingerprint density at radius 3 is 2.33 bits per heavy atom. The topological polar surface area (TPSA) is 27.3 Å². The van der Waals surface area contributed by atoms with Crippen LogP contribution in [0.4, 0.5) is 5.69 Å². The monoisotopic (exact) mass is 265 g/mol. The predicted octanol–water partition coefficient (Wildman–Crippen LogP) is 2.56. The number of para-hydroxylation sites is 1. The van der Waals surface area contributed by atoms with Gasteiger partial charge in [0.25, 0.3) is 0 Å². The van der Waals surface area contributed by atoms with Gasteiger partial charge >= 0.3 is 0 Å². The highest BCUT2D eigenvalue weighted by Gasteiger charge is 2.15. The zero-order valence-electron chi connectivity index (χ0n) is 11.6. The quantitative estimate of drug-likeness (QED) is 0.800. The van der Waals surface area contributed by atoms with E-state index in [1.54, 1.807) is 0 Å². The van der Waals surface area contributed by atoms with E-state index >= 15 is 0 Å². The molecule has 0 bridgehead atoms. The van der Waals surface area contributed by atoms with Gasteiger partial charge in [-0.3, -0.25) is 0 Å². The lowest BCUT2D eigenvalue weighted by molar-refractivity contribution is 0.313. The second kappa shape index (κ2) is 7.34. The molecule has 0 radical (unpaired) electrons. The molecule has 0 heterocycles. The lowest BCUT2D eigenvalue weighted by Crippen LogP contribution is -2.46. The van der Waals surface area contributed by atoms with E-state index in [9.17, 15) is 0 Å². The Labute approximate surface area is 116 Å². The normalized spacial score (nSPS) is 12.6. The lowest BCUT2D eigenvalue weighted by atomic mass is 10.0. The van der Waals surface area contributed by atoms with Gasteiger partial charge in [0.05, 0.1) is 0 Å². The first kappa shape index (κ1) is 14.9. The van der Waals surface area contributed by atoms with E-state index in [2.05, 4.69) is 43.5 Å². The minimum absolute atomic E-state index is 0.351. The Kier molecular flexibility index (Phi) is 6.09. The van der Waals surface area contributed by atoms with Crippen molar-refractivity contribution in [1.82, 2.24) is 10.2 Å². The van der Waals surface area contributed by atoms with Gasteiger partial charge in [-0.25, -0.2) is 0 Å². The summed E-state index contributed by atoms with van der Waals surface area (Å²) in [7, 11) is 4.15. The van der Waals surface area contributed by atoms with Gasteiger partial charge in [-0.2, -0.15) is 0 Å². The molecule has 1 aromatic rings. The standard InChI is InChI=1S/C14H23N3S/c1-11(2)13(10-17(3)4)16-14(18)15-12-8-6-5-7-9-12/h5-9,11,13H,10H2,1-4H3,(H2,15,16,18). The van der Waals surface area contributed by atoms with Crippen molar-refractivity contribution in [2.24, 2.45) is 5.92 Å². The highest BCUT2D eigenvalue weighted by atomic mass is 32.1. The minimum atomic E-state index is 0.351. The Morgan fingerprint density at radius 1 is 1.22 bits per heavy atom. The molecular weight excluding hydrogens is 242 g/mol. The molecule has 0 saturated carbocycles. The molecular formula is C14H23N3S. The molecule has 0 aliphatic rings. The molecule has 1 unspecified atom stereocenters. The van der Waals surface area contributed by atoms with Crippen LogP contribution in [0.15, 0.2) is 30.3 Å². The summed E-state index contributed by atoms with van der Waals surface area (Å²) < 4.78 is 0. The molecule has 3 nitrogen and oxygen atoms in total. The number of anilines is 1. The van der Waals surface area contributed by atoms with Crippen molar-refractivity contribution in [2.75, 3.05) is 26.0 Å². The van der Waals surface area contributed by atoms with Crippen LogP contribution in [0.2, 0.25) is 0 Å². The number of rotatable bonds is 5. The molecule has 4 heteroatoms. The van der Waals surface area contributed by atoms with Crippen molar-refractivity contribution >= 4 is 23.0 Å². The maximum absolute atomic E-state index is 5.34. The molecule has 0 aliphatic heterocycles. The van der Waals surface area contributed by atoms with Gasteiger partial charge < -0.3 is 15.5 Å². The number of nitrogens with zero attached hydrogens (tertiary/aromatic N) is 1. The third-order valence-corrected chi connectivity index (χ3v) is 2.93. The van der Waals surface area contributed by atoms with Crippen LogP contribution in [-0.4, -0.2) is 36.7 Å². The zero-order chi connectivity index (χ0) is 13.5. The summed E-state index contributed by atoms with van der Waals surface area (Å²) in [6, 6.07) is 10.3. The smallest absolute Gasteiger partial charge is 0.171 e. The van der Waals surface area contributed by atoms with Gasteiger partial charge in [0.1, 0.15) is 0 Å². The van der Waals surface area contributed by atoms with E-state index in [0.717, 1.165) is 12.2 Å². The second-order valence-corrected chi connectivity index (χ2v) is 5.49. The largest absolute Gasteiger partial charge is 0.358 e. The van der Waals surface area contributed by atoms with Crippen molar-refractivity contribution in [3.05, 3.63) is 30.3 Å². The highest BCUT2D eigenvalue weighted by molar-refractivity contribution is 7.80. The van der Waals surface area contributed by atoms with Crippen molar-refractivity contribution in [3.8, 4) is 0 Å². The summed E-state index contributed by atoms with van der Waals surface area (Å²) in [6.07, 6.45) is 0. The van der Waals surface area contributed by atoms with Crippen molar-refractivity contribution in [2.45, 2.75) is 19.9 Å². The van der Waals surface area contributed by atoms with Crippen LogP contribution in [0, 0.1) is 5.92 Å². The average Bonchev–Trinajstić information content (AvgIpc) is 2.28. The number of nitrogens with one attached hydrogen (secondary N) is 2. The number of benzene rings is 1. The third-order valence-electron chi connectivity index (χ3n) is 2.71. The second-order valence-electron chi connectivity index (χ2n) is 5.08. The summed E-state index contributed by atoms with van der Waals surface area (Å²) in [5, 5.41) is 7.26. The first-order valence-electron chi connectivity index (χ1n) is 6.26. The first-order chi connectivity index (χ1) is 8.49. The lowest BCUT2D eigenvalue weighted by Gasteiger charge is -2.27. The number of hydrogen-bond donors (Lipinski definition) is 2. The van der Waals surface area contributed by atoms with Crippen LogP contribution in [0.5, 0.6) is 0 Å². The van der Waals surface area contributed by atoms with Gasteiger partial charge in [0.2, 0.25) is 0 Å². The molecule has 0 saturated heterocycles. The van der Waals surface area contributed by atoms with Crippen molar-refractivity contribution < 1.29 is 0 Å². The van der Waals surface area contributed by atoms with Gasteiger partial charge in [-0.1, -0.05) is 32.0 Å².